The maximum Gasteiger partial charge on any atom is 0.122 e. The van der Waals surface area contributed by atoms with Gasteiger partial charge in [-0.2, -0.15) is 0 Å². The molecule has 3 N–H and O–H groups in total. The van der Waals surface area contributed by atoms with Crippen molar-refractivity contribution in [2.75, 3.05) is 0 Å². The van der Waals surface area contributed by atoms with Gasteiger partial charge in [-0.25, -0.2) is 0 Å². The van der Waals surface area contributed by atoms with Crippen LogP contribution in [0.5, 0.6) is 17.2 Å². The van der Waals surface area contributed by atoms with Gasteiger partial charge in [0.2, 0.25) is 0 Å². The zero-order valence-corrected chi connectivity index (χ0v) is 17.4. The van der Waals surface area contributed by atoms with E-state index in [1.165, 1.54) is 0 Å². The first kappa shape index (κ1) is 20.1. The van der Waals surface area contributed by atoms with E-state index in [-0.39, 0.29) is 5.75 Å². The van der Waals surface area contributed by atoms with Gasteiger partial charge in [0.1, 0.15) is 17.2 Å². The Balaban J connectivity index is 1.96. The van der Waals surface area contributed by atoms with Gasteiger partial charge in [0.05, 0.1) is 0 Å². The monoisotopic (exact) mass is 396 g/mol. The molecule has 0 heterocycles. The number of benzene rings is 3. The van der Waals surface area contributed by atoms with E-state index in [1.54, 1.807) is 12.1 Å². The van der Waals surface area contributed by atoms with E-state index in [0.29, 0.717) is 29.4 Å². The van der Waals surface area contributed by atoms with Crippen LogP contribution in [0.2, 0.25) is 5.02 Å². The predicted molar refractivity (Wildman–Crippen MR) is 114 cm³/mol. The van der Waals surface area contributed by atoms with E-state index < -0.39 is 0 Å². The molecule has 3 nitrogen and oxygen atoms in total. The van der Waals surface area contributed by atoms with Gasteiger partial charge in [-0.05, 0) is 73.2 Å². The lowest BCUT2D eigenvalue weighted by atomic mass is 9.94. The quantitative estimate of drug-likeness (QED) is 0.516. The Morgan fingerprint density at radius 2 is 0.893 bits per heavy atom. The van der Waals surface area contributed by atoms with Crippen molar-refractivity contribution in [3.63, 3.8) is 0 Å². The number of aromatic hydroxyl groups is 3. The summed E-state index contributed by atoms with van der Waals surface area (Å²) < 4.78 is 0. The van der Waals surface area contributed by atoms with E-state index >= 15 is 0 Å². The lowest BCUT2D eigenvalue weighted by Gasteiger charge is -2.14. The third-order valence-electron chi connectivity index (χ3n) is 5.12. The number of hydrogen-bond donors (Lipinski definition) is 3. The summed E-state index contributed by atoms with van der Waals surface area (Å²) in [7, 11) is 0. The van der Waals surface area contributed by atoms with Gasteiger partial charge in [0, 0.05) is 29.0 Å². The fraction of sp³-hybridized carbons (Fsp3) is 0.250. The van der Waals surface area contributed by atoms with Gasteiger partial charge in [0.25, 0.3) is 0 Å². The molecule has 0 aromatic heterocycles. The molecule has 0 saturated carbocycles. The highest BCUT2D eigenvalue weighted by Crippen LogP contribution is 2.33. The minimum absolute atomic E-state index is 0.233. The van der Waals surface area contributed by atoms with Crippen molar-refractivity contribution in [2.45, 2.75) is 40.5 Å². The highest BCUT2D eigenvalue weighted by molar-refractivity contribution is 6.30. The van der Waals surface area contributed by atoms with Crippen LogP contribution in [0, 0.1) is 27.7 Å². The van der Waals surface area contributed by atoms with Crippen molar-refractivity contribution in [2.24, 2.45) is 0 Å². The van der Waals surface area contributed by atoms with Crippen LogP contribution >= 0.6 is 11.6 Å². The second-order valence-electron chi connectivity index (χ2n) is 7.58. The summed E-state index contributed by atoms with van der Waals surface area (Å²) in [5, 5.41) is 31.4. The first-order chi connectivity index (χ1) is 13.2. The lowest BCUT2D eigenvalue weighted by molar-refractivity contribution is 0.463. The molecule has 3 rings (SSSR count). The minimum atomic E-state index is 0.233. The van der Waals surface area contributed by atoms with Crippen LogP contribution in [0.4, 0.5) is 0 Å². The average Bonchev–Trinajstić information content (AvgIpc) is 2.61. The topological polar surface area (TPSA) is 60.7 Å². The summed E-state index contributed by atoms with van der Waals surface area (Å²) in [6.45, 7) is 7.46. The summed E-state index contributed by atoms with van der Waals surface area (Å²) in [5.41, 5.74) is 6.76. The smallest absolute Gasteiger partial charge is 0.122 e. The first-order valence-electron chi connectivity index (χ1n) is 9.24. The molecule has 0 bridgehead atoms. The highest BCUT2D eigenvalue weighted by atomic mass is 35.5. The fourth-order valence-electron chi connectivity index (χ4n) is 3.72. The predicted octanol–water partition coefficient (Wildman–Crippen LogP) is 5.87. The van der Waals surface area contributed by atoms with Crippen LogP contribution in [-0.4, -0.2) is 15.3 Å². The lowest BCUT2D eigenvalue weighted by Crippen LogP contribution is -1.97. The molecule has 28 heavy (non-hydrogen) atoms. The van der Waals surface area contributed by atoms with E-state index in [1.807, 2.05) is 52.0 Å². The summed E-state index contributed by atoms with van der Waals surface area (Å²) in [6, 6.07) is 11.3. The van der Waals surface area contributed by atoms with Gasteiger partial charge in [-0.15, -0.1) is 0 Å². The largest absolute Gasteiger partial charge is 0.507 e. The molecule has 3 aromatic rings. The van der Waals surface area contributed by atoms with Crippen LogP contribution in [0.1, 0.15) is 44.5 Å². The van der Waals surface area contributed by atoms with Gasteiger partial charge in [-0.1, -0.05) is 35.9 Å². The van der Waals surface area contributed by atoms with E-state index in [9.17, 15) is 15.3 Å². The molecule has 0 amide bonds. The van der Waals surface area contributed by atoms with Gasteiger partial charge < -0.3 is 15.3 Å². The second-order valence-corrected chi connectivity index (χ2v) is 8.02. The number of phenols is 3. The standard InChI is InChI=1S/C24H25ClO3/c1-13-5-17(6-14(2)22(13)26)9-19-11-21(25)12-20(24(19)28)10-18-7-15(3)23(27)16(4)8-18/h5-8,11-12,26-28H,9-10H2,1-4H3. The molecular formula is C24H25ClO3. The summed E-state index contributed by atoms with van der Waals surface area (Å²) in [4.78, 5) is 0. The van der Waals surface area contributed by atoms with E-state index in [0.717, 1.165) is 44.5 Å². The summed E-state index contributed by atoms with van der Waals surface area (Å²) in [5.74, 6) is 0.840. The molecule has 0 aliphatic carbocycles. The number of rotatable bonds is 4. The Morgan fingerprint density at radius 3 is 1.21 bits per heavy atom. The van der Waals surface area contributed by atoms with Crippen LogP contribution in [0.15, 0.2) is 36.4 Å². The molecule has 0 fully saturated rings. The Morgan fingerprint density at radius 1 is 0.571 bits per heavy atom. The van der Waals surface area contributed by atoms with Crippen molar-refractivity contribution in [3.8, 4) is 17.2 Å². The number of hydrogen-bond acceptors (Lipinski definition) is 3. The first-order valence-corrected chi connectivity index (χ1v) is 9.62. The molecule has 0 aliphatic heterocycles. The Kier molecular flexibility index (Phi) is 5.57. The zero-order chi connectivity index (χ0) is 20.6. The number of phenolic OH excluding ortho intramolecular Hbond substituents is 3. The Labute approximate surface area is 170 Å². The van der Waals surface area contributed by atoms with Crippen molar-refractivity contribution in [3.05, 3.63) is 85.9 Å². The van der Waals surface area contributed by atoms with E-state index in [4.69, 9.17) is 11.6 Å². The molecule has 3 aromatic carbocycles. The minimum Gasteiger partial charge on any atom is -0.507 e. The van der Waals surface area contributed by atoms with Crippen molar-refractivity contribution in [1.29, 1.82) is 0 Å². The van der Waals surface area contributed by atoms with Gasteiger partial charge in [-0.3, -0.25) is 0 Å². The molecule has 4 heteroatoms. The molecular weight excluding hydrogens is 372 g/mol. The Bertz CT molecular complexity index is 927. The third kappa shape index (κ3) is 4.10. The number of halogens is 1. The molecule has 146 valence electrons. The normalized spacial score (nSPS) is 11.0. The van der Waals surface area contributed by atoms with Gasteiger partial charge in [0.15, 0.2) is 0 Å². The maximum absolute atomic E-state index is 10.9. The molecule has 0 spiro atoms. The van der Waals surface area contributed by atoms with Crippen LogP contribution < -0.4 is 0 Å². The van der Waals surface area contributed by atoms with Crippen LogP contribution in [0.25, 0.3) is 0 Å². The molecule has 0 unspecified atom stereocenters. The average molecular weight is 397 g/mol. The van der Waals surface area contributed by atoms with Gasteiger partial charge >= 0.3 is 0 Å². The molecule has 0 atom stereocenters. The second kappa shape index (κ2) is 7.76. The van der Waals surface area contributed by atoms with Crippen molar-refractivity contribution < 1.29 is 15.3 Å². The maximum atomic E-state index is 10.9. The fourth-order valence-corrected chi connectivity index (χ4v) is 3.99. The van der Waals surface area contributed by atoms with E-state index in [2.05, 4.69) is 0 Å². The SMILES string of the molecule is Cc1cc(Cc2cc(Cl)cc(Cc3cc(C)c(O)c(C)c3)c2O)cc(C)c1O. The number of aryl methyl sites for hydroxylation is 4. The summed E-state index contributed by atoms with van der Waals surface area (Å²) >= 11 is 6.34. The van der Waals surface area contributed by atoms with Crippen molar-refractivity contribution >= 4 is 11.6 Å². The molecule has 0 aliphatic rings. The molecule has 0 radical (unpaired) electrons. The summed E-state index contributed by atoms with van der Waals surface area (Å²) in [6.07, 6.45) is 1.05. The zero-order valence-electron chi connectivity index (χ0n) is 16.6. The van der Waals surface area contributed by atoms with Crippen LogP contribution in [0.3, 0.4) is 0 Å². The Hall–Kier alpha value is -2.65. The highest BCUT2D eigenvalue weighted by Gasteiger charge is 2.13. The van der Waals surface area contributed by atoms with Crippen LogP contribution in [-0.2, 0) is 12.8 Å². The molecule has 0 saturated heterocycles. The van der Waals surface area contributed by atoms with Crippen molar-refractivity contribution in [1.82, 2.24) is 0 Å². The third-order valence-corrected chi connectivity index (χ3v) is 5.34.